The van der Waals surface area contributed by atoms with Crippen LogP contribution in [0.2, 0.25) is 0 Å². The van der Waals surface area contributed by atoms with Gasteiger partial charge in [0.1, 0.15) is 0 Å². The minimum absolute atomic E-state index is 0.167. The van der Waals surface area contributed by atoms with Crippen LogP contribution in [0.3, 0.4) is 0 Å². The van der Waals surface area contributed by atoms with Crippen molar-refractivity contribution >= 4 is 17.8 Å². The number of amides is 2. The molecule has 1 saturated heterocycles. The minimum Gasteiger partial charge on any atom is -0.439 e. The average Bonchev–Trinajstić information content (AvgIpc) is 3.22. The van der Waals surface area contributed by atoms with Crippen LogP contribution in [0.5, 0.6) is 0 Å². The monoisotopic (exact) mass is 331 g/mol. The molecule has 0 radical (unpaired) electrons. The lowest BCUT2D eigenvalue weighted by molar-refractivity contribution is 0.238. The Morgan fingerprint density at radius 1 is 1.35 bits per heavy atom. The number of nitrogens with zero attached hydrogens (tertiary/aromatic N) is 1. The van der Waals surface area contributed by atoms with Gasteiger partial charge in [-0.25, -0.2) is 9.78 Å². The number of urea groups is 1. The first-order valence-electron chi connectivity index (χ1n) is 7.80. The molecule has 1 aromatic heterocycles. The fourth-order valence-corrected chi connectivity index (χ4v) is 3.83. The maximum Gasteiger partial charge on any atom is 0.315 e. The van der Waals surface area contributed by atoms with Gasteiger partial charge in [-0.3, -0.25) is 0 Å². The maximum atomic E-state index is 11.9. The second kappa shape index (κ2) is 7.08. The van der Waals surface area contributed by atoms with Crippen molar-refractivity contribution < 1.29 is 9.21 Å². The highest BCUT2D eigenvalue weighted by molar-refractivity contribution is 8.00. The topological polar surface area (TPSA) is 67.2 Å². The third-order valence-corrected chi connectivity index (χ3v) is 5.47. The normalized spacial score (nSPS) is 20.4. The summed E-state index contributed by atoms with van der Waals surface area (Å²) >= 11 is 1.93. The van der Waals surface area contributed by atoms with E-state index in [0.717, 1.165) is 12.0 Å². The molecule has 1 aliphatic rings. The highest BCUT2D eigenvalue weighted by Crippen LogP contribution is 2.36. The third kappa shape index (κ3) is 4.28. The van der Waals surface area contributed by atoms with Gasteiger partial charge >= 0.3 is 6.03 Å². The number of hydrogen-bond acceptors (Lipinski definition) is 4. The van der Waals surface area contributed by atoms with Gasteiger partial charge in [-0.2, -0.15) is 11.8 Å². The van der Waals surface area contributed by atoms with Crippen molar-refractivity contribution in [2.45, 2.75) is 31.1 Å². The minimum atomic E-state index is -0.182. The van der Waals surface area contributed by atoms with Crippen molar-refractivity contribution in [2.24, 2.45) is 0 Å². The molecule has 0 aliphatic carbocycles. The lowest BCUT2D eigenvalue weighted by atomic mass is 10.1. The van der Waals surface area contributed by atoms with Crippen LogP contribution in [0.1, 0.15) is 25.7 Å². The molecule has 5 nitrogen and oxygen atoms in total. The highest BCUT2D eigenvalue weighted by Gasteiger charge is 2.29. The molecule has 0 saturated carbocycles. The molecule has 1 aliphatic heterocycles. The molecule has 0 unspecified atom stereocenters. The van der Waals surface area contributed by atoms with Gasteiger partial charge in [0.05, 0.1) is 12.7 Å². The Balaban J connectivity index is 1.47. The Kier molecular flexibility index (Phi) is 4.91. The van der Waals surface area contributed by atoms with Crippen molar-refractivity contribution in [1.29, 1.82) is 0 Å². The fourth-order valence-electron chi connectivity index (χ4n) is 2.59. The van der Waals surface area contributed by atoms with Crippen molar-refractivity contribution in [3.05, 3.63) is 42.4 Å². The first-order valence-corrected chi connectivity index (χ1v) is 8.79. The van der Waals surface area contributed by atoms with E-state index in [1.165, 1.54) is 12.2 Å². The lowest BCUT2D eigenvalue weighted by Gasteiger charge is -2.22. The van der Waals surface area contributed by atoms with Crippen LogP contribution in [-0.2, 0) is 6.54 Å². The zero-order valence-electron chi connectivity index (χ0n) is 13.2. The Morgan fingerprint density at radius 3 is 2.91 bits per heavy atom. The predicted octanol–water partition coefficient (Wildman–Crippen LogP) is 3.43. The Hall–Kier alpha value is -1.95. The molecule has 2 aromatic rings. The van der Waals surface area contributed by atoms with E-state index < -0.39 is 0 Å². The molecule has 3 rings (SSSR count). The number of carbonyl (C=O) groups excluding carboxylic acids is 1. The van der Waals surface area contributed by atoms with Crippen LogP contribution < -0.4 is 10.6 Å². The van der Waals surface area contributed by atoms with Crippen LogP contribution in [-0.4, -0.2) is 28.1 Å². The van der Waals surface area contributed by atoms with Crippen LogP contribution in [0.15, 0.2) is 40.9 Å². The molecule has 2 N–H and O–H groups in total. The number of oxazole rings is 1. The summed E-state index contributed by atoms with van der Waals surface area (Å²) < 4.78 is 5.83. The predicted molar refractivity (Wildman–Crippen MR) is 92.3 cm³/mol. The van der Waals surface area contributed by atoms with Crippen molar-refractivity contribution in [3.8, 4) is 11.3 Å². The summed E-state index contributed by atoms with van der Waals surface area (Å²) in [4.78, 5) is 16.1. The smallest absolute Gasteiger partial charge is 0.315 e. The van der Waals surface area contributed by atoms with E-state index in [1.807, 2.05) is 42.1 Å². The number of aromatic nitrogens is 1. The first-order chi connectivity index (χ1) is 11.1. The van der Waals surface area contributed by atoms with Gasteiger partial charge in [-0.1, -0.05) is 30.3 Å². The zero-order chi connectivity index (χ0) is 16.1. The second-order valence-corrected chi connectivity index (χ2v) is 7.60. The van der Waals surface area contributed by atoms with Gasteiger partial charge in [0.15, 0.2) is 5.76 Å². The van der Waals surface area contributed by atoms with Crippen LogP contribution in [0.4, 0.5) is 4.79 Å². The largest absolute Gasteiger partial charge is 0.439 e. The molecule has 23 heavy (non-hydrogen) atoms. The zero-order valence-corrected chi connectivity index (χ0v) is 14.0. The van der Waals surface area contributed by atoms with Crippen molar-refractivity contribution in [3.63, 3.8) is 0 Å². The summed E-state index contributed by atoms with van der Waals surface area (Å²) in [6, 6.07) is 9.60. The van der Waals surface area contributed by atoms with E-state index in [9.17, 15) is 4.79 Å². The molecule has 1 aromatic carbocycles. The molecule has 6 heteroatoms. The fraction of sp³-hybridized carbons (Fsp3) is 0.412. The summed E-state index contributed by atoms with van der Waals surface area (Å²) in [6.45, 7) is 3.16. The quantitative estimate of drug-likeness (QED) is 0.881. The van der Waals surface area contributed by atoms with E-state index in [0.29, 0.717) is 18.2 Å². The summed E-state index contributed by atoms with van der Waals surface area (Å²) in [5, 5.41) is 5.72. The Morgan fingerprint density at radius 2 is 2.17 bits per heavy atom. The summed E-state index contributed by atoms with van der Waals surface area (Å²) in [7, 11) is 0. The number of benzene rings is 1. The Labute approximate surface area is 140 Å². The van der Waals surface area contributed by atoms with Gasteiger partial charge < -0.3 is 15.1 Å². The van der Waals surface area contributed by atoms with Gasteiger partial charge in [-0.05, 0) is 25.5 Å². The SMILES string of the molecule is C[C@@]1(CNC(=O)NCc2ncc(-c3ccccc3)o2)CCCS1. The van der Waals surface area contributed by atoms with E-state index in [2.05, 4.69) is 22.5 Å². The van der Waals surface area contributed by atoms with Gasteiger partial charge in [0.2, 0.25) is 5.89 Å². The molecule has 2 amide bonds. The van der Waals surface area contributed by atoms with Crippen molar-refractivity contribution in [1.82, 2.24) is 15.6 Å². The molecular weight excluding hydrogens is 310 g/mol. The van der Waals surface area contributed by atoms with E-state index >= 15 is 0 Å². The molecule has 1 atom stereocenters. The van der Waals surface area contributed by atoms with Crippen LogP contribution in [0.25, 0.3) is 11.3 Å². The van der Waals surface area contributed by atoms with E-state index in [4.69, 9.17) is 4.42 Å². The third-order valence-electron chi connectivity index (χ3n) is 3.94. The second-order valence-electron chi connectivity index (χ2n) is 5.92. The highest BCUT2D eigenvalue weighted by atomic mass is 32.2. The first kappa shape index (κ1) is 15.9. The number of nitrogens with one attached hydrogen (secondary N) is 2. The van der Waals surface area contributed by atoms with E-state index in [1.54, 1.807) is 6.20 Å². The van der Waals surface area contributed by atoms with E-state index in [-0.39, 0.29) is 17.3 Å². The summed E-state index contributed by atoms with van der Waals surface area (Å²) in [5.41, 5.74) is 0.974. The number of rotatable bonds is 5. The summed E-state index contributed by atoms with van der Waals surface area (Å²) in [6.07, 6.45) is 4.06. The van der Waals surface area contributed by atoms with Gasteiger partial charge in [0, 0.05) is 16.9 Å². The molecule has 2 heterocycles. The lowest BCUT2D eigenvalue weighted by Crippen LogP contribution is -2.42. The molecule has 0 spiro atoms. The molecular formula is C17H21N3O2S. The molecule has 0 bridgehead atoms. The Bertz CT molecular complexity index is 651. The maximum absolute atomic E-state index is 11.9. The number of carbonyl (C=O) groups is 1. The van der Waals surface area contributed by atoms with Crippen LogP contribution >= 0.6 is 11.8 Å². The molecule has 122 valence electrons. The van der Waals surface area contributed by atoms with Crippen molar-refractivity contribution in [2.75, 3.05) is 12.3 Å². The number of hydrogen-bond donors (Lipinski definition) is 2. The average molecular weight is 331 g/mol. The van der Waals surface area contributed by atoms with Gasteiger partial charge in [-0.15, -0.1) is 0 Å². The summed E-state index contributed by atoms with van der Waals surface area (Å²) in [5.74, 6) is 2.39. The number of thioether (sulfide) groups is 1. The standard InChI is InChI=1S/C17H21N3O2S/c1-17(8-5-9-23-17)12-20-16(21)19-11-15-18-10-14(22-15)13-6-3-2-4-7-13/h2-4,6-7,10H,5,8-9,11-12H2,1H3,(H2,19,20,21)/t17-/m0/s1. The van der Waals surface area contributed by atoms with Crippen LogP contribution in [0, 0.1) is 0 Å². The van der Waals surface area contributed by atoms with Gasteiger partial charge in [0.25, 0.3) is 0 Å². The molecule has 1 fully saturated rings.